The quantitative estimate of drug-likeness (QED) is 0.775. The van der Waals surface area contributed by atoms with Gasteiger partial charge >= 0.3 is 0 Å². The molecule has 1 aliphatic rings. The van der Waals surface area contributed by atoms with Crippen LogP contribution in [0.4, 0.5) is 10.8 Å². The van der Waals surface area contributed by atoms with E-state index in [-0.39, 0.29) is 0 Å². The van der Waals surface area contributed by atoms with Crippen LogP contribution in [0.1, 0.15) is 38.2 Å². The number of anilines is 2. The second-order valence-electron chi connectivity index (χ2n) is 6.18. The first-order valence-electron chi connectivity index (χ1n) is 8.31. The monoisotopic (exact) mass is 348 g/mol. The van der Waals surface area contributed by atoms with Crippen molar-refractivity contribution in [3.8, 4) is 0 Å². The van der Waals surface area contributed by atoms with Gasteiger partial charge in [-0.05, 0) is 56.1 Å². The molecular weight excluding hydrogens is 324 g/mol. The van der Waals surface area contributed by atoms with Crippen LogP contribution < -0.4 is 5.32 Å². The van der Waals surface area contributed by atoms with Crippen LogP contribution in [0.2, 0.25) is 0 Å². The zero-order chi connectivity index (χ0) is 16.2. The van der Waals surface area contributed by atoms with E-state index in [4.69, 9.17) is 12.2 Å². The van der Waals surface area contributed by atoms with E-state index in [1.54, 1.807) is 11.3 Å². The predicted octanol–water partition coefficient (Wildman–Crippen LogP) is 4.95. The molecular formula is C17H24N4S2. The van der Waals surface area contributed by atoms with Crippen molar-refractivity contribution in [1.82, 2.24) is 14.7 Å². The fraction of sp³-hybridized carbons (Fsp3) is 0.529. The number of benzene rings is 1. The van der Waals surface area contributed by atoms with Gasteiger partial charge in [0.15, 0.2) is 3.95 Å². The molecule has 1 fully saturated rings. The Hall–Kier alpha value is -1.24. The molecule has 6 heteroatoms. The summed E-state index contributed by atoms with van der Waals surface area (Å²) in [5.74, 6) is 0. The highest BCUT2D eigenvalue weighted by Gasteiger charge is 2.21. The summed E-state index contributed by atoms with van der Waals surface area (Å²) in [7, 11) is 0. The van der Waals surface area contributed by atoms with Crippen molar-refractivity contribution in [1.29, 1.82) is 0 Å². The Morgan fingerprint density at radius 1 is 1.39 bits per heavy atom. The predicted molar refractivity (Wildman–Crippen MR) is 100 cm³/mol. The van der Waals surface area contributed by atoms with Gasteiger partial charge in [0.25, 0.3) is 0 Å². The third kappa shape index (κ3) is 4.19. The van der Waals surface area contributed by atoms with Crippen LogP contribution in [0.25, 0.3) is 0 Å². The summed E-state index contributed by atoms with van der Waals surface area (Å²) in [5.41, 5.74) is 2.29. The Morgan fingerprint density at radius 3 is 3.04 bits per heavy atom. The van der Waals surface area contributed by atoms with Crippen LogP contribution >= 0.6 is 23.6 Å². The average molecular weight is 349 g/mol. The lowest BCUT2D eigenvalue weighted by molar-refractivity contribution is 0.101. The van der Waals surface area contributed by atoms with Crippen LogP contribution in [0.3, 0.4) is 0 Å². The standard InChI is InChI=1S/C17H24N4S2/c1-3-15-9-4-5-10-20(15)12-21-17(22)23-16(19-21)18-14-8-6-7-13(2)11-14/h6-8,11,15H,3-5,9-10,12H2,1-2H3,(H,18,19)/t15-/m1/s1. The zero-order valence-electron chi connectivity index (χ0n) is 13.8. The highest BCUT2D eigenvalue weighted by Crippen LogP contribution is 2.23. The van der Waals surface area contributed by atoms with Crippen molar-refractivity contribution in [3.05, 3.63) is 33.8 Å². The third-order valence-electron chi connectivity index (χ3n) is 4.41. The summed E-state index contributed by atoms with van der Waals surface area (Å²) in [6.45, 7) is 6.32. The highest BCUT2D eigenvalue weighted by molar-refractivity contribution is 7.73. The van der Waals surface area contributed by atoms with Crippen molar-refractivity contribution >= 4 is 34.4 Å². The Morgan fingerprint density at radius 2 is 2.26 bits per heavy atom. The van der Waals surface area contributed by atoms with E-state index < -0.39 is 0 Å². The van der Waals surface area contributed by atoms with Crippen LogP contribution in [-0.2, 0) is 6.67 Å². The molecule has 0 bridgehead atoms. The Kier molecular flexibility index (Phi) is 5.46. The first-order valence-corrected chi connectivity index (χ1v) is 9.54. The van der Waals surface area contributed by atoms with E-state index in [0.717, 1.165) is 28.0 Å². The van der Waals surface area contributed by atoms with Gasteiger partial charge in [0, 0.05) is 18.3 Å². The van der Waals surface area contributed by atoms with Crippen LogP contribution in [-0.4, -0.2) is 27.3 Å². The third-order valence-corrected chi connectivity index (χ3v) is 5.63. The van der Waals surface area contributed by atoms with Gasteiger partial charge < -0.3 is 5.32 Å². The molecule has 1 saturated heterocycles. The Labute approximate surface area is 147 Å². The molecule has 1 aromatic carbocycles. The lowest BCUT2D eigenvalue weighted by Gasteiger charge is -2.34. The molecule has 0 radical (unpaired) electrons. The molecule has 124 valence electrons. The highest BCUT2D eigenvalue weighted by atomic mass is 32.1. The van der Waals surface area contributed by atoms with Gasteiger partial charge in [0.05, 0.1) is 6.67 Å². The van der Waals surface area contributed by atoms with Crippen LogP contribution in [0.5, 0.6) is 0 Å². The summed E-state index contributed by atoms with van der Waals surface area (Å²) in [4.78, 5) is 2.52. The SMILES string of the molecule is CC[C@@H]1CCCCN1Cn1nc(Nc2cccc(C)c2)sc1=S. The molecule has 1 aliphatic heterocycles. The normalized spacial score (nSPS) is 19.0. The molecule has 0 spiro atoms. The summed E-state index contributed by atoms with van der Waals surface area (Å²) in [5, 5.41) is 8.91. The number of likely N-dealkylation sites (tertiary alicyclic amines) is 1. The molecule has 4 nitrogen and oxygen atoms in total. The maximum absolute atomic E-state index is 5.51. The fourth-order valence-corrected chi connectivity index (χ4v) is 4.19. The van der Waals surface area contributed by atoms with Gasteiger partial charge in [-0.15, -0.1) is 5.10 Å². The van der Waals surface area contributed by atoms with E-state index in [2.05, 4.69) is 47.4 Å². The van der Waals surface area contributed by atoms with Crippen LogP contribution in [0, 0.1) is 10.9 Å². The minimum Gasteiger partial charge on any atom is -0.330 e. The van der Waals surface area contributed by atoms with E-state index in [1.165, 1.54) is 31.2 Å². The first-order chi connectivity index (χ1) is 11.2. The smallest absolute Gasteiger partial charge is 0.209 e. The van der Waals surface area contributed by atoms with Crippen molar-refractivity contribution in [2.45, 2.75) is 52.2 Å². The van der Waals surface area contributed by atoms with Gasteiger partial charge in [-0.25, -0.2) is 4.68 Å². The van der Waals surface area contributed by atoms with E-state index in [9.17, 15) is 0 Å². The molecule has 3 rings (SSSR count). The maximum atomic E-state index is 5.51. The largest absolute Gasteiger partial charge is 0.330 e. The molecule has 2 heterocycles. The molecule has 0 amide bonds. The summed E-state index contributed by atoms with van der Waals surface area (Å²) >= 11 is 7.05. The number of piperidine rings is 1. The van der Waals surface area contributed by atoms with E-state index in [1.807, 2.05) is 10.7 Å². The Bertz CT molecular complexity index is 707. The van der Waals surface area contributed by atoms with Crippen molar-refractivity contribution in [3.63, 3.8) is 0 Å². The van der Waals surface area contributed by atoms with Crippen LogP contribution in [0.15, 0.2) is 24.3 Å². The molecule has 0 unspecified atom stereocenters. The average Bonchev–Trinajstić information content (AvgIpc) is 2.87. The molecule has 1 N–H and O–H groups in total. The van der Waals surface area contributed by atoms with E-state index in [0.29, 0.717) is 6.04 Å². The molecule has 1 atom stereocenters. The lowest BCUT2D eigenvalue weighted by atomic mass is 10.0. The lowest BCUT2D eigenvalue weighted by Crippen LogP contribution is -2.40. The van der Waals surface area contributed by atoms with Crippen molar-refractivity contribution in [2.75, 3.05) is 11.9 Å². The molecule has 0 aliphatic carbocycles. The van der Waals surface area contributed by atoms with Gasteiger partial charge in [-0.3, -0.25) is 4.90 Å². The maximum Gasteiger partial charge on any atom is 0.209 e. The number of nitrogens with zero attached hydrogens (tertiary/aromatic N) is 3. The topological polar surface area (TPSA) is 33.1 Å². The van der Waals surface area contributed by atoms with Gasteiger partial charge in [-0.2, -0.15) is 0 Å². The second-order valence-corrected chi connectivity index (χ2v) is 7.80. The number of aryl methyl sites for hydroxylation is 1. The van der Waals surface area contributed by atoms with Gasteiger partial charge in [0.2, 0.25) is 5.13 Å². The number of aromatic nitrogens is 2. The second kappa shape index (κ2) is 7.55. The minimum atomic E-state index is 0.667. The van der Waals surface area contributed by atoms with Crippen molar-refractivity contribution < 1.29 is 0 Å². The molecule has 0 saturated carbocycles. The Balaban J connectivity index is 1.72. The number of nitrogens with one attached hydrogen (secondary N) is 1. The minimum absolute atomic E-state index is 0.667. The fourth-order valence-electron chi connectivity index (χ4n) is 3.17. The molecule has 1 aromatic heterocycles. The molecule has 23 heavy (non-hydrogen) atoms. The summed E-state index contributed by atoms with van der Waals surface area (Å²) < 4.78 is 2.80. The van der Waals surface area contributed by atoms with E-state index >= 15 is 0 Å². The number of hydrogen-bond acceptors (Lipinski definition) is 5. The van der Waals surface area contributed by atoms with Gasteiger partial charge in [-0.1, -0.05) is 36.8 Å². The first kappa shape index (κ1) is 16.6. The van der Waals surface area contributed by atoms with Gasteiger partial charge in [0.1, 0.15) is 0 Å². The summed E-state index contributed by atoms with van der Waals surface area (Å²) in [6.07, 6.45) is 5.12. The molecule has 2 aromatic rings. The number of rotatable bonds is 5. The zero-order valence-corrected chi connectivity index (χ0v) is 15.4. The van der Waals surface area contributed by atoms with Crippen molar-refractivity contribution in [2.24, 2.45) is 0 Å². The summed E-state index contributed by atoms with van der Waals surface area (Å²) in [6, 6.07) is 8.98. The number of hydrogen-bond donors (Lipinski definition) is 1.